The number of ether oxygens (including phenoxy) is 2. The number of benzene rings is 2. The van der Waals surface area contributed by atoms with Gasteiger partial charge >= 0.3 is 0 Å². The van der Waals surface area contributed by atoms with Gasteiger partial charge in [-0.25, -0.2) is 0 Å². The van der Waals surface area contributed by atoms with Gasteiger partial charge in [-0.15, -0.1) is 0 Å². The Morgan fingerprint density at radius 1 is 1.21 bits per heavy atom. The van der Waals surface area contributed by atoms with Crippen molar-refractivity contribution in [3.63, 3.8) is 0 Å². The number of nitrogens with zero attached hydrogens (tertiary/aromatic N) is 1. The van der Waals surface area contributed by atoms with Crippen molar-refractivity contribution in [1.29, 1.82) is 0 Å². The van der Waals surface area contributed by atoms with Crippen LogP contribution in [-0.4, -0.2) is 24.7 Å². The van der Waals surface area contributed by atoms with Gasteiger partial charge in [0, 0.05) is 18.4 Å². The van der Waals surface area contributed by atoms with Crippen molar-refractivity contribution in [2.24, 2.45) is 10.7 Å². The molecule has 0 radical (unpaired) electrons. The summed E-state index contributed by atoms with van der Waals surface area (Å²) in [4.78, 5) is 4.40. The van der Waals surface area contributed by atoms with Crippen molar-refractivity contribution in [1.82, 2.24) is 0 Å². The molecule has 2 aromatic rings. The standard InChI is InChI=1S/C19H23N3O2/c1-19(11-6-12-23-19)14-21-18(20)22-15-7-5-10-17(13-15)24-16-8-3-2-4-9-16/h2-5,7-10,13H,6,11-12,14H2,1H3,(H3,20,21,22). The predicted octanol–water partition coefficient (Wildman–Crippen LogP) is 3.77. The maximum Gasteiger partial charge on any atom is 0.193 e. The van der Waals surface area contributed by atoms with Crippen molar-refractivity contribution in [3.8, 4) is 11.5 Å². The Morgan fingerprint density at radius 3 is 2.75 bits per heavy atom. The van der Waals surface area contributed by atoms with Gasteiger partial charge in [0.15, 0.2) is 5.96 Å². The second-order valence-corrected chi connectivity index (χ2v) is 6.17. The molecule has 2 aromatic carbocycles. The van der Waals surface area contributed by atoms with Gasteiger partial charge in [0.05, 0.1) is 12.1 Å². The first-order valence-electron chi connectivity index (χ1n) is 8.17. The summed E-state index contributed by atoms with van der Waals surface area (Å²) in [5.74, 6) is 1.91. The number of aliphatic imine (C=N–C) groups is 1. The molecule has 1 fully saturated rings. The van der Waals surface area contributed by atoms with Gasteiger partial charge in [0.25, 0.3) is 0 Å². The molecule has 1 aliphatic heterocycles. The molecule has 1 heterocycles. The summed E-state index contributed by atoms with van der Waals surface area (Å²) in [5.41, 5.74) is 6.63. The quantitative estimate of drug-likeness (QED) is 0.648. The number of para-hydroxylation sites is 1. The Hall–Kier alpha value is -2.53. The van der Waals surface area contributed by atoms with E-state index >= 15 is 0 Å². The normalized spacial score (nSPS) is 20.8. The highest BCUT2D eigenvalue weighted by atomic mass is 16.5. The molecule has 126 valence electrons. The van der Waals surface area contributed by atoms with E-state index in [0.717, 1.165) is 36.6 Å². The van der Waals surface area contributed by atoms with Crippen LogP contribution in [0.1, 0.15) is 19.8 Å². The molecule has 0 spiro atoms. The van der Waals surface area contributed by atoms with Crippen LogP contribution in [0.5, 0.6) is 11.5 Å². The molecule has 5 nitrogen and oxygen atoms in total. The summed E-state index contributed by atoms with van der Waals surface area (Å²) in [5, 5.41) is 3.10. The fourth-order valence-corrected chi connectivity index (χ4v) is 2.66. The van der Waals surface area contributed by atoms with Crippen molar-refractivity contribution in [3.05, 3.63) is 54.6 Å². The molecular weight excluding hydrogens is 302 g/mol. The maximum atomic E-state index is 5.99. The second-order valence-electron chi connectivity index (χ2n) is 6.17. The van der Waals surface area contributed by atoms with Gasteiger partial charge in [-0.2, -0.15) is 0 Å². The topological polar surface area (TPSA) is 68.9 Å². The van der Waals surface area contributed by atoms with Gasteiger partial charge < -0.3 is 20.5 Å². The fraction of sp³-hybridized carbons (Fsp3) is 0.316. The molecule has 0 aromatic heterocycles. The van der Waals surface area contributed by atoms with E-state index < -0.39 is 0 Å². The highest BCUT2D eigenvalue weighted by Gasteiger charge is 2.29. The lowest BCUT2D eigenvalue weighted by atomic mass is 10.0. The first-order chi connectivity index (χ1) is 11.6. The zero-order valence-electron chi connectivity index (χ0n) is 13.9. The van der Waals surface area contributed by atoms with Gasteiger partial charge in [0.2, 0.25) is 0 Å². The number of hydrogen-bond acceptors (Lipinski definition) is 3. The minimum absolute atomic E-state index is 0.190. The average molecular weight is 325 g/mol. The smallest absolute Gasteiger partial charge is 0.193 e. The van der Waals surface area contributed by atoms with E-state index in [1.54, 1.807) is 0 Å². The number of guanidine groups is 1. The van der Waals surface area contributed by atoms with Gasteiger partial charge in [0.1, 0.15) is 11.5 Å². The molecule has 0 saturated carbocycles. The number of nitrogens with one attached hydrogen (secondary N) is 1. The van der Waals surface area contributed by atoms with E-state index in [9.17, 15) is 0 Å². The van der Waals surface area contributed by atoms with Crippen LogP contribution in [0.3, 0.4) is 0 Å². The average Bonchev–Trinajstić information content (AvgIpc) is 3.02. The molecular formula is C19H23N3O2. The van der Waals surface area contributed by atoms with E-state index in [0.29, 0.717) is 12.5 Å². The largest absolute Gasteiger partial charge is 0.457 e. The van der Waals surface area contributed by atoms with E-state index in [1.165, 1.54) is 0 Å². The Kier molecular flexibility index (Phi) is 5.01. The zero-order chi connectivity index (χ0) is 16.8. The van der Waals surface area contributed by atoms with Gasteiger partial charge in [-0.05, 0) is 44.0 Å². The molecule has 3 rings (SSSR count). The third-order valence-corrected chi connectivity index (χ3v) is 3.97. The SMILES string of the molecule is CC1(CN=C(N)Nc2cccc(Oc3ccccc3)c2)CCCO1. The lowest BCUT2D eigenvalue weighted by Gasteiger charge is -2.20. The van der Waals surface area contributed by atoms with Crippen LogP contribution in [0, 0.1) is 0 Å². The number of nitrogens with two attached hydrogens (primary N) is 1. The third-order valence-electron chi connectivity index (χ3n) is 3.97. The number of rotatable bonds is 5. The second kappa shape index (κ2) is 7.36. The van der Waals surface area contributed by atoms with E-state index in [4.69, 9.17) is 15.2 Å². The predicted molar refractivity (Wildman–Crippen MR) is 96.7 cm³/mol. The molecule has 5 heteroatoms. The Balaban J connectivity index is 1.61. The maximum absolute atomic E-state index is 5.99. The minimum atomic E-state index is -0.190. The summed E-state index contributed by atoms with van der Waals surface area (Å²) in [6, 6.07) is 17.3. The van der Waals surface area contributed by atoms with Crippen LogP contribution in [0.4, 0.5) is 5.69 Å². The van der Waals surface area contributed by atoms with Crippen LogP contribution in [-0.2, 0) is 4.74 Å². The third kappa shape index (κ3) is 4.49. The molecule has 1 atom stereocenters. The summed E-state index contributed by atoms with van der Waals surface area (Å²) in [6.45, 7) is 3.44. The summed E-state index contributed by atoms with van der Waals surface area (Å²) in [7, 11) is 0. The number of anilines is 1. The molecule has 24 heavy (non-hydrogen) atoms. The van der Waals surface area contributed by atoms with E-state index in [-0.39, 0.29) is 5.60 Å². The first-order valence-corrected chi connectivity index (χ1v) is 8.17. The molecule has 0 amide bonds. The van der Waals surface area contributed by atoms with Crippen LogP contribution in [0.2, 0.25) is 0 Å². The van der Waals surface area contributed by atoms with Crippen LogP contribution >= 0.6 is 0 Å². The highest BCUT2D eigenvalue weighted by Crippen LogP contribution is 2.26. The Labute approximate surface area is 142 Å². The van der Waals surface area contributed by atoms with Crippen LogP contribution in [0.15, 0.2) is 59.6 Å². The minimum Gasteiger partial charge on any atom is -0.457 e. The van der Waals surface area contributed by atoms with E-state index in [1.807, 2.05) is 54.6 Å². The van der Waals surface area contributed by atoms with Crippen molar-refractivity contribution < 1.29 is 9.47 Å². The molecule has 1 aliphatic rings. The lowest BCUT2D eigenvalue weighted by molar-refractivity contribution is 0.0284. The monoisotopic (exact) mass is 325 g/mol. The summed E-state index contributed by atoms with van der Waals surface area (Å²) < 4.78 is 11.5. The Bertz CT molecular complexity index is 695. The Morgan fingerprint density at radius 2 is 2.00 bits per heavy atom. The fourth-order valence-electron chi connectivity index (χ4n) is 2.66. The summed E-state index contributed by atoms with van der Waals surface area (Å²) >= 11 is 0. The highest BCUT2D eigenvalue weighted by molar-refractivity contribution is 5.92. The van der Waals surface area contributed by atoms with Crippen molar-refractivity contribution in [2.45, 2.75) is 25.4 Å². The van der Waals surface area contributed by atoms with Crippen LogP contribution in [0.25, 0.3) is 0 Å². The number of hydrogen-bond donors (Lipinski definition) is 2. The van der Waals surface area contributed by atoms with Crippen molar-refractivity contribution >= 4 is 11.6 Å². The lowest BCUT2D eigenvalue weighted by Crippen LogP contribution is -2.30. The molecule has 1 saturated heterocycles. The molecule has 3 N–H and O–H groups in total. The van der Waals surface area contributed by atoms with Crippen molar-refractivity contribution in [2.75, 3.05) is 18.5 Å². The van der Waals surface area contributed by atoms with E-state index in [2.05, 4.69) is 17.2 Å². The zero-order valence-corrected chi connectivity index (χ0v) is 13.9. The summed E-state index contributed by atoms with van der Waals surface area (Å²) in [6.07, 6.45) is 2.10. The molecule has 0 aliphatic carbocycles. The molecule has 1 unspecified atom stereocenters. The van der Waals surface area contributed by atoms with Gasteiger partial charge in [-0.1, -0.05) is 24.3 Å². The molecule has 0 bridgehead atoms. The van der Waals surface area contributed by atoms with Crippen LogP contribution < -0.4 is 15.8 Å². The first kappa shape index (κ1) is 16.3. The van der Waals surface area contributed by atoms with Gasteiger partial charge in [-0.3, -0.25) is 4.99 Å².